The lowest BCUT2D eigenvalue weighted by Gasteiger charge is -2.03. The average Bonchev–Trinajstić information content (AvgIpc) is 2.41. The highest BCUT2D eigenvalue weighted by Gasteiger charge is 2.10. The molecule has 1 heterocycles. The molecule has 0 amide bonds. The fourth-order valence-electron chi connectivity index (χ4n) is 1.40. The maximum Gasteiger partial charge on any atom is 0.148 e. The normalized spacial score (nSPS) is 10.1. The van der Waals surface area contributed by atoms with Crippen LogP contribution in [0.25, 0.3) is 0 Å². The van der Waals surface area contributed by atoms with Crippen molar-refractivity contribution in [2.45, 2.75) is 19.8 Å². The number of nitrogens with one attached hydrogen (secondary N) is 1. The van der Waals surface area contributed by atoms with Crippen LogP contribution in [0.3, 0.4) is 0 Å². The summed E-state index contributed by atoms with van der Waals surface area (Å²) in [6, 6.07) is 0. The molecule has 0 bridgehead atoms. The van der Waals surface area contributed by atoms with E-state index in [0.29, 0.717) is 6.54 Å². The fraction of sp³-hybridized carbons (Fsp3) is 0.500. The molecule has 0 aliphatic heterocycles. The summed E-state index contributed by atoms with van der Waals surface area (Å²) in [4.78, 5) is 0. The lowest BCUT2D eigenvalue weighted by Crippen LogP contribution is -2.05. The summed E-state index contributed by atoms with van der Waals surface area (Å²) >= 11 is 0. The number of aryl methyl sites for hydroxylation is 2. The summed E-state index contributed by atoms with van der Waals surface area (Å²) in [5.41, 5.74) is 7.68. The summed E-state index contributed by atoms with van der Waals surface area (Å²) in [6.07, 6.45) is 3.78. The topological polar surface area (TPSA) is 55.9 Å². The van der Waals surface area contributed by atoms with Crippen LogP contribution in [0.5, 0.6) is 0 Å². The van der Waals surface area contributed by atoms with Gasteiger partial charge in [-0.3, -0.25) is 4.68 Å². The van der Waals surface area contributed by atoms with E-state index in [0.717, 1.165) is 30.0 Å². The molecular weight excluding hydrogens is 176 g/mol. The van der Waals surface area contributed by atoms with Gasteiger partial charge in [0.2, 0.25) is 0 Å². The highest BCUT2D eigenvalue weighted by atomic mass is 15.3. The first-order chi connectivity index (χ1) is 6.70. The van der Waals surface area contributed by atoms with Crippen molar-refractivity contribution in [1.29, 1.82) is 0 Å². The Balaban J connectivity index is 2.86. The van der Waals surface area contributed by atoms with Gasteiger partial charge in [-0.15, -0.1) is 6.58 Å². The lowest BCUT2D eigenvalue weighted by molar-refractivity contribution is 0.737. The Labute approximate surface area is 84.8 Å². The molecule has 14 heavy (non-hydrogen) atoms. The van der Waals surface area contributed by atoms with E-state index < -0.39 is 0 Å². The standard InChI is InChI=1S/C10H18N4/c1-4-6-8-9(11)10(12-7-5-2)14(3)13-8/h5,12H,2,4,6-7,11H2,1,3H3. The van der Waals surface area contributed by atoms with Crippen LogP contribution < -0.4 is 11.1 Å². The molecule has 1 aromatic heterocycles. The van der Waals surface area contributed by atoms with Crippen molar-refractivity contribution in [3.63, 3.8) is 0 Å². The third-order valence-electron chi connectivity index (χ3n) is 2.06. The molecule has 0 saturated carbocycles. The van der Waals surface area contributed by atoms with E-state index in [2.05, 4.69) is 23.9 Å². The van der Waals surface area contributed by atoms with E-state index in [4.69, 9.17) is 5.73 Å². The Hall–Kier alpha value is -1.45. The van der Waals surface area contributed by atoms with Crippen LogP contribution in [0.1, 0.15) is 19.0 Å². The summed E-state index contributed by atoms with van der Waals surface area (Å²) < 4.78 is 1.78. The predicted molar refractivity (Wildman–Crippen MR) is 60.3 cm³/mol. The Kier molecular flexibility index (Phi) is 3.56. The third kappa shape index (κ3) is 2.07. The smallest absolute Gasteiger partial charge is 0.148 e. The zero-order valence-electron chi connectivity index (χ0n) is 8.88. The van der Waals surface area contributed by atoms with Gasteiger partial charge in [0.15, 0.2) is 0 Å². The minimum absolute atomic E-state index is 0.704. The Morgan fingerprint density at radius 1 is 1.64 bits per heavy atom. The van der Waals surface area contributed by atoms with Gasteiger partial charge in [-0.1, -0.05) is 19.4 Å². The summed E-state index contributed by atoms with van der Waals surface area (Å²) in [6.45, 7) is 6.46. The molecular formula is C10H18N4. The first-order valence-corrected chi connectivity index (χ1v) is 4.86. The predicted octanol–water partition coefficient (Wildman–Crippen LogP) is 1.55. The van der Waals surface area contributed by atoms with Gasteiger partial charge in [-0.25, -0.2) is 0 Å². The van der Waals surface area contributed by atoms with Crippen LogP contribution in [0.15, 0.2) is 12.7 Å². The minimum atomic E-state index is 0.704. The molecule has 0 aliphatic rings. The molecule has 0 atom stereocenters. The molecule has 3 N–H and O–H groups in total. The zero-order valence-corrected chi connectivity index (χ0v) is 8.88. The van der Waals surface area contributed by atoms with Crippen molar-refractivity contribution >= 4 is 11.5 Å². The molecule has 1 rings (SSSR count). The van der Waals surface area contributed by atoms with Crippen LogP contribution in [0, 0.1) is 0 Å². The van der Waals surface area contributed by atoms with Crippen molar-refractivity contribution in [1.82, 2.24) is 9.78 Å². The van der Waals surface area contributed by atoms with Crippen LogP contribution in [-0.2, 0) is 13.5 Å². The maximum absolute atomic E-state index is 5.95. The van der Waals surface area contributed by atoms with Crippen molar-refractivity contribution in [3.8, 4) is 0 Å². The van der Waals surface area contributed by atoms with Crippen LogP contribution in [0.4, 0.5) is 11.5 Å². The van der Waals surface area contributed by atoms with E-state index in [-0.39, 0.29) is 0 Å². The van der Waals surface area contributed by atoms with Gasteiger partial charge in [0.05, 0.1) is 11.4 Å². The van der Waals surface area contributed by atoms with Crippen LogP contribution in [-0.4, -0.2) is 16.3 Å². The first kappa shape index (κ1) is 10.6. The second kappa shape index (κ2) is 4.69. The average molecular weight is 194 g/mol. The Morgan fingerprint density at radius 2 is 2.36 bits per heavy atom. The number of hydrogen-bond donors (Lipinski definition) is 2. The molecule has 0 spiro atoms. The molecule has 0 radical (unpaired) electrons. The molecule has 4 nitrogen and oxygen atoms in total. The van der Waals surface area contributed by atoms with Gasteiger partial charge >= 0.3 is 0 Å². The second-order valence-electron chi connectivity index (χ2n) is 3.25. The van der Waals surface area contributed by atoms with Crippen molar-refractivity contribution in [2.75, 3.05) is 17.6 Å². The summed E-state index contributed by atoms with van der Waals surface area (Å²) in [5, 5.41) is 7.51. The van der Waals surface area contributed by atoms with Gasteiger partial charge in [0.1, 0.15) is 5.82 Å². The highest BCUT2D eigenvalue weighted by Crippen LogP contribution is 2.22. The number of aromatic nitrogens is 2. The lowest BCUT2D eigenvalue weighted by atomic mass is 10.2. The number of hydrogen-bond acceptors (Lipinski definition) is 3. The Morgan fingerprint density at radius 3 is 2.93 bits per heavy atom. The van der Waals surface area contributed by atoms with E-state index in [1.54, 1.807) is 10.8 Å². The molecule has 4 heteroatoms. The van der Waals surface area contributed by atoms with Gasteiger partial charge < -0.3 is 11.1 Å². The largest absolute Gasteiger partial charge is 0.394 e. The molecule has 78 valence electrons. The quantitative estimate of drug-likeness (QED) is 0.699. The minimum Gasteiger partial charge on any atom is -0.394 e. The van der Waals surface area contributed by atoms with Gasteiger partial charge in [0, 0.05) is 13.6 Å². The highest BCUT2D eigenvalue weighted by molar-refractivity contribution is 5.65. The first-order valence-electron chi connectivity index (χ1n) is 4.86. The molecule has 0 aromatic carbocycles. The SMILES string of the molecule is C=CCNc1c(N)c(CCC)nn1C. The van der Waals surface area contributed by atoms with Crippen molar-refractivity contribution in [3.05, 3.63) is 18.3 Å². The number of nitrogens with zero attached hydrogens (tertiary/aromatic N) is 2. The molecule has 0 saturated heterocycles. The van der Waals surface area contributed by atoms with E-state index in [9.17, 15) is 0 Å². The van der Waals surface area contributed by atoms with Crippen LogP contribution >= 0.6 is 0 Å². The van der Waals surface area contributed by atoms with Crippen molar-refractivity contribution < 1.29 is 0 Å². The second-order valence-corrected chi connectivity index (χ2v) is 3.25. The van der Waals surface area contributed by atoms with Gasteiger partial charge in [-0.2, -0.15) is 5.10 Å². The molecule has 0 fully saturated rings. The Bertz CT molecular complexity index is 314. The third-order valence-corrected chi connectivity index (χ3v) is 2.06. The monoisotopic (exact) mass is 194 g/mol. The molecule has 0 aliphatic carbocycles. The van der Waals surface area contributed by atoms with Gasteiger partial charge in [-0.05, 0) is 6.42 Å². The summed E-state index contributed by atoms with van der Waals surface area (Å²) in [7, 11) is 1.89. The van der Waals surface area contributed by atoms with E-state index >= 15 is 0 Å². The van der Waals surface area contributed by atoms with E-state index in [1.807, 2.05) is 7.05 Å². The van der Waals surface area contributed by atoms with Crippen molar-refractivity contribution in [2.24, 2.45) is 7.05 Å². The number of nitrogens with two attached hydrogens (primary N) is 1. The number of anilines is 2. The fourth-order valence-corrected chi connectivity index (χ4v) is 1.40. The zero-order chi connectivity index (χ0) is 10.6. The maximum atomic E-state index is 5.95. The number of rotatable bonds is 5. The number of nitrogen functional groups attached to an aromatic ring is 1. The molecule has 1 aromatic rings. The summed E-state index contributed by atoms with van der Waals surface area (Å²) in [5.74, 6) is 0.883. The van der Waals surface area contributed by atoms with Gasteiger partial charge in [0.25, 0.3) is 0 Å². The van der Waals surface area contributed by atoms with E-state index in [1.165, 1.54) is 0 Å². The van der Waals surface area contributed by atoms with Crippen LogP contribution in [0.2, 0.25) is 0 Å². The molecule has 0 unspecified atom stereocenters.